The maximum atomic E-state index is 14.2. The molecule has 7 nitrogen and oxygen atoms in total. The van der Waals surface area contributed by atoms with E-state index in [-0.39, 0.29) is 30.6 Å². The van der Waals surface area contributed by atoms with Gasteiger partial charge in [-0.2, -0.15) is 0 Å². The van der Waals surface area contributed by atoms with Crippen LogP contribution in [0.4, 0.5) is 5.69 Å². The van der Waals surface area contributed by atoms with Gasteiger partial charge in [0.1, 0.15) is 12.6 Å². The lowest BCUT2D eigenvalue weighted by Gasteiger charge is -2.35. The molecule has 3 aromatic rings. The van der Waals surface area contributed by atoms with Crippen LogP contribution in [0.3, 0.4) is 0 Å². The molecule has 0 bridgehead atoms. The number of hydrogen-bond donors (Lipinski definition) is 1. The molecule has 10 heteroatoms. The first-order valence-electron chi connectivity index (χ1n) is 14.1. The summed E-state index contributed by atoms with van der Waals surface area (Å²) < 4.78 is 27.9. The fourth-order valence-corrected chi connectivity index (χ4v) is 6.52. The van der Waals surface area contributed by atoms with Crippen LogP contribution in [0.1, 0.15) is 48.8 Å². The summed E-state index contributed by atoms with van der Waals surface area (Å²) in [6.45, 7) is 1.48. The molecule has 1 aliphatic carbocycles. The molecule has 1 aliphatic rings. The third-order valence-electron chi connectivity index (χ3n) is 7.61. The van der Waals surface area contributed by atoms with Crippen LogP contribution in [0, 0.1) is 6.92 Å². The maximum Gasteiger partial charge on any atom is 0.244 e. The van der Waals surface area contributed by atoms with Crippen molar-refractivity contribution in [1.29, 1.82) is 0 Å². The highest BCUT2D eigenvalue weighted by atomic mass is 79.9. The Kier molecular flexibility index (Phi) is 11.1. The van der Waals surface area contributed by atoms with E-state index in [0.29, 0.717) is 5.02 Å². The molecule has 3 aromatic carbocycles. The van der Waals surface area contributed by atoms with E-state index >= 15 is 0 Å². The van der Waals surface area contributed by atoms with Gasteiger partial charge in [-0.25, -0.2) is 8.42 Å². The summed E-state index contributed by atoms with van der Waals surface area (Å²) >= 11 is 9.78. The van der Waals surface area contributed by atoms with Crippen LogP contribution < -0.4 is 9.62 Å². The molecule has 2 amide bonds. The minimum absolute atomic E-state index is 0.0522. The van der Waals surface area contributed by atoms with Gasteiger partial charge in [0.15, 0.2) is 0 Å². The molecule has 0 aliphatic heterocycles. The van der Waals surface area contributed by atoms with Gasteiger partial charge in [-0.3, -0.25) is 13.9 Å². The number of aryl methyl sites for hydroxylation is 1. The highest BCUT2D eigenvalue weighted by molar-refractivity contribution is 9.10. The van der Waals surface area contributed by atoms with Gasteiger partial charge >= 0.3 is 0 Å². The smallest absolute Gasteiger partial charge is 0.244 e. The monoisotopic (exact) mass is 673 g/mol. The molecule has 1 fully saturated rings. The predicted octanol–water partition coefficient (Wildman–Crippen LogP) is 6.27. The van der Waals surface area contributed by atoms with Gasteiger partial charge in [-0.1, -0.05) is 95.3 Å². The van der Waals surface area contributed by atoms with Crippen molar-refractivity contribution < 1.29 is 18.0 Å². The lowest BCUT2D eigenvalue weighted by Crippen LogP contribution is -2.55. The molecular weight excluding hydrogens is 638 g/mol. The van der Waals surface area contributed by atoms with Crippen molar-refractivity contribution in [2.75, 3.05) is 17.1 Å². The first-order valence-corrected chi connectivity index (χ1v) is 17.2. The molecule has 224 valence electrons. The van der Waals surface area contributed by atoms with E-state index in [2.05, 4.69) is 21.2 Å². The Labute approximate surface area is 262 Å². The van der Waals surface area contributed by atoms with Crippen molar-refractivity contribution in [3.63, 3.8) is 0 Å². The molecule has 0 unspecified atom stereocenters. The van der Waals surface area contributed by atoms with Crippen molar-refractivity contribution in [3.8, 4) is 0 Å². The summed E-state index contributed by atoms with van der Waals surface area (Å²) in [4.78, 5) is 29.7. The number of carbonyl (C=O) groups is 2. The third-order valence-corrected chi connectivity index (χ3v) is 9.69. The van der Waals surface area contributed by atoms with Crippen molar-refractivity contribution in [1.82, 2.24) is 10.2 Å². The molecule has 42 heavy (non-hydrogen) atoms. The number of benzene rings is 3. The van der Waals surface area contributed by atoms with E-state index in [9.17, 15) is 18.0 Å². The van der Waals surface area contributed by atoms with Crippen LogP contribution in [-0.2, 0) is 32.6 Å². The van der Waals surface area contributed by atoms with Crippen molar-refractivity contribution in [3.05, 3.63) is 99.0 Å². The average Bonchev–Trinajstić information content (AvgIpc) is 2.96. The zero-order chi connectivity index (χ0) is 30.3. The number of rotatable bonds is 11. The zero-order valence-electron chi connectivity index (χ0n) is 23.9. The Bertz CT molecular complexity index is 1480. The van der Waals surface area contributed by atoms with Crippen molar-refractivity contribution in [2.45, 2.75) is 64.1 Å². The molecule has 4 rings (SSSR count). The van der Waals surface area contributed by atoms with Crippen molar-refractivity contribution in [2.24, 2.45) is 0 Å². The van der Waals surface area contributed by atoms with Crippen LogP contribution in [0.15, 0.2) is 77.3 Å². The maximum absolute atomic E-state index is 14.2. The SMILES string of the molecule is Cc1ccc(N(CC(=O)N(Cc2ccc(Br)cc2)[C@H](Cc2ccccc2)C(=O)NC2CCCCC2)S(C)(=O)=O)cc1Cl. The molecule has 0 heterocycles. The van der Waals surface area contributed by atoms with Gasteiger partial charge in [-0.05, 0) is 60.7 Å². The Morgan fingerprint density at radius 3 is 2.26 bits per heavy atom. The Balaban J connectivity index is 1.72. The van der Waals surface area contributed by atoms with Gasteiger partial charge in [0.2, 0.25) is 21.8 Å². The molecule has 1 saturated carbocycles. The quantitative estimate of drug-likeness (QED) is 0.260. The van der Waals surface area contributed by atoms with Gasteiger partial charge in [0, 0.05) is 28.5 Å². The van der Waals surface area contributed by atoms with Crippen LogP contribution in [0.25, 0.3) is 0 Å². The predicted molar refractivity (Wildman–Crippen MR) is 172 cm³/mol. The van der Waals surface area contributed by atoms with Crippen molar-refractivity contribution >= 4 is 55.1 Å². The number of carbonyl (C=O) groups excluding carboxylic acids is 2. The van der Waals surface area contributed by atoms with Gasteiger partial charge in [0.05, 0.1) is 11.9 Å². The van der Waals surface area contributed by atoms with E-state index in [0.717, 1.165) is 63.8 Å². The number of halogens is 2. The summed E-state index contributed by atoms with van der Waals surface area (Å²) in [5, 5.41) is 3.61. The summed E-state index contributed by atoms with van der Waals surface area (Å²) in [5.74, 6) is -0.722. The summed E-state index contributed by atoms with van der Waals surface area (Å²) in [7, 11) is -3.86. The number of amides is 2. The lowest BCUT2D eigenvalue weighted by molar-refractivity contribution is -0.140. The molecular formula is C32H37BrClN3O4S. The fourth-order valence-electron chi connectivity index (χ4n) is 5.24. The average molecular weight is 675 g/mol. The summed E-state index contributed by atoms with van der Waals surface area (Å²) in [6.07, 6.45) is 6.41. The van der Waals surface area contributed by atoms with E-state index in [1.165, 1.54) is 4.90 Å². The van der Waals surface area contributed by atoms with E-state index in [1.807, 2.05) is 61.5 Å². The second-order valence-electron chi connectivity index (χ2n) is 10.9. The summed E-state index contributed by atoms with van der Waals surface area (Å²) in [6, 6.07) is 21.2. The standard InChI is InChI=1S/C32H37BrClN3O4S/c1-23-13-18-28(20-29(23)34)37(42(2,40)41)22-31(38)36(21-25-14-16-26(33)17-15-25)30(19-24-9-5-3-6-10-24)32(39)35-27-11-7-4-8-12-27/h3,5-6,9-10,13-18,20,27,30H,4,7-8,11-12,19,21-22H2,1-2H3,(H,35,39)/t30-/m1/s1. The molecule has 1 N–H and O–H groups in total. The van der Waals surface area contributed by atoms with Crippen LogP contribution in [-0.4, -0.2) is 50.0 Å². The number of nitrogens with one attached hydrogen (secondary N) is 1. The molecule has 1 atom stereocenters. The Hall–Kier alpha value is -2.88. The fraction of sp³-hybridized carbons (Fsp3) is 0.375. The highest BCUT2D eigenvalue weighted by Gasteiger charge is 2.34. The highest BCUT2D eigenvalue weighted by Crippen LogP contribution is 2.26. The van der Waals surface area contributed by atoms with Crippen LogP contribution in [0.5, 0.6) is 0 Å². The van der Waals surface area contributed by atoms with E-state index in [1.54, 1.807) is 18.2 Å². The number of sulfonamides is 1. The Morgan fingerprint density at radius 2 is 1.64 bits per heavy atom. The first kappa shape index (κ1) is 32.0. The molecule has 0 spiro atoms. The normalized spacial score (nSPS) is 14.7. The van der Waals surface area contributed by atoms with Gasteiger partial charge < -0.3 is 10.2 Å². The number of nitrogens with zero attached hydrogens (tertiary/aromatic N) is 2. The second-order valence-corrected chi connectivity index (χ2v) is 14.1. The van der Waals surface area contributed by atoms with E-state index in [4.69, 9.17) is 11.6 Å². The lowest BCUT2D eigenvalue weighted by atomic mass is 9.94. The molecule has 0 aromatic heterocycles. The molecule has 0 radical (unpaired) electrons. The largest absolute Gasteiger partial charge is 0.352 e. The Morgan fingerprint density at radius 1 is 0.976 bits per heavy atom. The number of hydrogen-bond acceptors (Lipinski definition) is 4. The first-order chi connectivity index (χ1) is 20.0. The zero-order valence-corrected chi connectivity index (χ0v) is 27.1. The third kappa shape index (κ3) is 8.82. The minimum atomic E-state index is -3.86. The number of anilines is 1. The molecule has 0 saturated heterocycles. The second kappa shape index (κ2) is 14.5. The van der Waals surface area contributed by atoms with Crippen LogP contribution >= 0.6 is 27.5 Å². The van der Waals surface area contributed by atoms with Crippen LogP contribution in [0.2, 0.25) is 5.02 Å². The minimum Gasteiger partial charge on any atom is -0.352 e. The van der Waals surface area contributed by atoms with Gasteiger partial charge in [-0.15, -0.1) is 0 Å². The summed E-state index contributed by atoms with van der Waals surface area (Å²) in [5.41, 5.74) is 2.80. The topological polar surface area (TPSA) is 86.8 Å². The van der Waals surface area contributed by atoms with Gasteiger partial charge in [0.25, 0.3) is 0 Å². The van der Waals surface area contributed by atoms with E-state index < -0.39 is 28.5 Å².